The Morgan fingerprint density at radius 3 is 3.04 bits per heavy atom. The van der Waals surface area contributed by atoms with Crippen LogP contribution < -0.4 is 5.32 Å². The van der Waals surface area contributed by atoms with E-state index in [2.05, 4.69) is 27.3 Å². The normalized spacial score (nSPS) is 15.7. The predicted molar refractivity (Wildman–Crippen MR) is 86.9 cm³/mol. The number of aromatic nitrogens is 4. The molecule has 0 aliphatic heterocycles. The fourth-order valence-corrected chi connectivity index (χ4v) is 3.37. The largest absolute Gasteiger partial charge is 0.477 e. The molecule has 0 unspecified atom stereocenters. The molecule has 7 nitrogen and oxygen atoms in total. The third-order valence-electron chi connectivity index (χ3n) is 4.02. The Morgan fingerprint density at radius 2 is 2.30 bits per heavy atom. The molecule has 1 aliphatic rings. The minimum atomic E-state index is -1.06. The molecule has 1 atom stereocenters. The first-order valence-corrected chi connectivity index (χ1v) is 8.30. The number of fused-ring (bicyclic) bond motifs is 1. The van der Waals surface area contributed by atoms with Gasteiger partial charge in [0, 0.05) is 23.7 Å². The Kier molecular flexibility index (Phi) is 3.26. The van der Waals surface area contributed by atoms with Gasteiger partial charge in [0.05, 0.1) is 11.8 Å². The zero-order chi connectivity index (χ0) is 16.0. The molecule has 0 radical (unpaired) electrons. The number of hydrogen-bond donors (Lipinski definition) is 2. The quantitative estimate of drug-likeness (QED) is 0.748. The van der Waals surface area contributed by atoms with Crippen molar-refractivity contribution < 1.29 is 9.90 Å². The van der Waals surface area contributed by atoms with E-state index in [1.54, 1.807) is 10.7 Å². The van der Waals surface area contributed by atoms with Crippen LogP contribution >= 0.6 is 11.3 Å². The summed E-state index contributed by atoms with van der Waals surface area (Å²) < 4.78 is 1.73. The van der Waals surface area contributed by atoms with E-state index in [0.29, 0.717) is 17.6 Å². The van der Waals surface area contributed by atoms with Crippen LogP contribution in [0.15, 0.2) is 23.8 Å². The summed E-state index contributed by atoms with van der Waals surface area (Å²) in [6.45, 7) is 2.09. The van der Waals surface area contributed by atoms with Crippen LogP contribution in [0.4, 0.5) is 5.82 Å². The Balaban J connectivity index is 1.77. The van der Waals surface area contributed by atoms with Crippen LogP contribution in [-0.4, -0.2) is 36.7 Å². The summed E-state index contributed by atoms with van der Waals surface area (Å²) in [6, 6.07) is 1.76. The van der Waals surface area contributed by atoms with E-state index in [4.69, 9.17) is 0 Å². The fourth-order valence-electron chi connectivity index (χ4n) is 2.58. The van der Waals surface area contributed by atoms with Crippen LogP contribution in [0.5, 0.6) is 0 Å². The lowest BCUT2D eigenvalue weighted by Crippen LogP contribution is -2.19. The van der Waals surface area contributed by atoms with Crippen LogP contribution in [-0.2, 0) is 0 Å². The first-order chi connectivity index (χ1) is 11.1. The number of anilines is 1. The van der Waals surface area contributed by atoms with Crippen LogP contribution in [0.3, 0.4) is 0 Å². The smallest absolute Gasteiger partial charge is 0.354 e. The van der Waals surface area contributed by atoms with Crippen molar-refractivity contribution >= 4 is 28.0 Å². The number of carboxylic acids is 1. The second-order valence-corrected chi connectivity index (χ2v) is 6.64. The van der Waals surface area contributed by atoms with Gasteiger partial charge in [-0.1, -0.05) is 0 Å². The standard InChI is InChI=1S/C15H15N5O2S/c1-8(9-2-3-9)17-12-6-11(15(21)22)18-13(19-12)10-7-16-20-4-5-23-14(10)20/h4-9H,2-3H2,1H3,(H,21,22)(H,17,18,19)/t8-/m0/s1. The second-order valence-electron chi connectivity index (χ2n) is 5.75. The molecule has 3 aromatic heterocycles. The zero-order valence-corrected chi connectivity index (χ0v) is 13.2. The molecule has 1 aliphatic carbocycles. The molecule has 1 saturated carbocycles. The lowest BCUT2D eigenvalue weighted by molar-refractivity contribution is 0.0690. The van der Waals surface area contributed by atoms with Gasteiger partial charge in [-0.25, -0.2) is 19.3 Å². The van der Waals surface area contributed by atoms with Gasteiger partial charge in [0.1, 0.15) is 10.6 Å². The minimum Gasteiger partial charge on any atom is -0.477 e. The second kappa shape index (κ2) is 5.31. The highest BCUT2D eigenvalue weighted by atomic mass is 32.1. The van der Waals surface area contributed by atoms with Gasteiger partial charge in [-0.15, -0.1) is 11.3 Å². The molecule has 0 bridgehead atoms. The SMILES string of the molecule is C[C@H](Nc1cc(C(=O)O)nc(-c2cnn3ccsc23)n1)C1CC1. The molecule has 0 spiro atoms. The molecule has 3 aromatic rings. The molecule has 118 valence electrons. The van der Waals surface area contributed by atoms with Gasteiger partial charge in [0.2, 0.25) is 0 Å². The number of thiazole rings is 1. The molecule has 0 saturated heterocycles. The fraction of sp³-hybridized carbons (Fsp3) is 0.333. The molecular weight excluding hydrogens is 314 g/mol. The molecule has 0 amide bonds. The highest BCUT2D eigenvalue weighted by molar-refractivity contribution is 7.16. The lowest BCUT2D eigenvalue weighted by Gasteiger charge is -2.14. The van der Waals surface area contributed by atoms with E-state index in [1.165, 1.54) is 30.2 Å². The molecule has 1 fully saturated rings. The van der Waals surface area contributed by atoms with E-state index in [1.807, 2.05) is 11.6 Å². The van der Waals surface area contributed by atoms with Crippen molar-refractivity contribution in [1.29, 1.82) is 0 Å². The van der Waals surface area contributed by atoms with E-state index >= 15 is 0 Å². The Hall–Kier alpha value is -2.48. The molecule has 23 heavy (non-hydrogen) atoms. The van der Waals surface area contributed by atoms with Gasteiger partial charge in [0.25, 0.3) is 0 Å². The zero-order valence-electron chi connectivity index (χ0n) is 12.4. The Morgan fingerprint density at radius 1 is 1.48 bits per heavy atom. The Bertz CT molecular complexity index is 883. The summed E-state index contributed by atoms with van der Waals surface area (Å²) in [7, 11) is 0. The summed E-state index contributed by atoms with van der Waals surface area (Å²) >= 11 is 1.52. The van der Waals surface area contributed by atoms with Crippen LogP contribution in [0.1, 0.15) is 30.3 Å². The molecule has 3 heterocycles. The van der Waals surface area contributed by atoms with E-state index in [-0.39, 0.29) is 11.7 Å². The van der Waals surface area contributed by atoms with Crippen LogP contribution in [0, 0.1) is 5.92 Å². The monoisotopic (exact) mass is 329 g/mol. The maximum Gasteiger partial charge on any atom is 0.354 e. The molecule has 8 heteroatoms. The van der Waals surface area contributed by atoms with Gasteiger partial charge in [-0.3, -0.25) is 0 Å². The number of carbonyl (C=O) groups is 1. The average molecular weight is 329 g/mol. The van der Waals surface area contributed by atoms with Gasteiger partial charge in [0.15, 0.2) is 11.5 Å². The first-order valence-electron chi connectivity index (χ1n) is 7.42. The third kappa shape index (κ3) is 2.65. The minimum absolute atomic E-state index is 0.0172. The molecule has 4 rings (SSSR count). The van der Waals surface area contributed by atoms with Gasteiger partial charge in [-0.2, -0.15) is 5.10 Å². The highest BCUT2D eigenvalue weighted by Crippen LogP contribution is 2.34. The lowest BCUT2D eigenvalue weighted by atomic mass is 10.2. The molecule has 0 aromatic carbocycles. The number of aromatic carboxylic acids is 1. The van der Waals surface area contributed by atoms with Gasteiger partial charge < -0.3 is 10.4 Å². The summed E-state index contributed by atoms with van der Waals surface area (Å²) in [4.78, 5) is 21.0. The van der Waals surface area contributed by atoms with Crippen LogP contribution in [0.2, 0.25) is 0 Å². The van der Waals surface area contributed by atoms with E-state index < -0.39 is 5.97 Å². The molecule has 2 N–H and O–H groups in total. The first kappa shape index (κ1) is 14.1. The summed E-state index contributed by atoms with van der Waals surface area (Å²) in [5.41, 5.74) is 0.724. The summed E-state index contributed by atoms with van der Waals surface area (Å²) in [6.07, 6.45) is 5.92. The molecular formula is C15H15N5O2S. The number of nitrogens with one attached hydrogen (secondary N) is 1. The number of carboxylic acid groups (broad SMARTS) is 1. The van der Waals surface area contributed by atoms with Gasteiger partial charge >= 0.3 is 5.97 Å². The Labute approximate surface area is 136 Å². The number of hydrogen-bond acceptors (Lipinski definition) is 6. The topological polar surface area (TPSA) is 92.4 Å². The van der Waals surface area contributed by atoms with Crippen molar-refractivity contribution in [2.75, 3.05) is 5.32 Å². The van der Waals surface area contributed by atoms with Crippen LogP contribution in [0.25, 0.3) is 16.2 Å². The van der Waals surface area contributed by atoms with Crippen molar-refractivity contribution in [1.82, 2.24) is 19.6 Å². The van der Waals surface area contributed by atoms with E-state index in [0.717, 1.165) is 10.4 Å². The maximum absolute atomic E-state index is 11.4. The summed E-state index contributed by atoms with van der Waals surface area (Å²) in [5.74, 6) is 0.503. The third-order valence-corrected chi connectivity index (χ3v) is 4.91. The van der Waals surface area contributed by atoms with Crippen molar-refractivity contribution in [3.8, 4) is 11.4 Å². The average Bonchev–Trinajstić information content (AvgIpc) is 3.14. The highest BCUT2D eigenvalue weighted by Gasteiger charge is 2.28. The van der Waals surface area contributed by atoms with Gasteiger partial charge in [-0.05, 0) is 25.7 Å². The number of nitrogens with zero attached hydrogens (tertiary/aromatic N) is 4. The maximum atomic E-state index is 11.4. The van der Waals surface area contributed by atoms with Crippen molar-refractivity contribution in [2.24, 2.45) is 5.92 Å². The van der Waals surface area contributed by atoms with E-state index in [9.17, 15) is 9.90 Å². The number of rotatable bonds is 5. The van der Waals surface area contributed by atoms with Crippen molar-refractivity contribution in [3.05, 3.63) is 29.5 Å². The van der Waals surface area contributed by atoms with Crippen molar-refractivity contribution in [3.63, 3.8) is 0 Å². The predicted octanol–water partition coefficient (Wildman–Crippen LogP) is 2.76. The van der Waals surface area contributed by atoms with Crippen molar-refractivity contribution in [2.45, 2.75) is 25.8 Å². The summed E-state index contributed by atoms with van der Waals surface area (Å²) in [5, 5.41) is 18.8.